The maximum absolute atomic E-state index is 13.7. The Bertz CT molecular complexity index is 1640. The van der Waals surface area contributed by atoms with Crippen LogP contribution >= 0.6 is 0 Å². The third-order valence-corrected chi connectivity index (χ3v) is 6.52. The number of rotatable bonds is 7. The van der Waals surface area contributed by atoms with Crippen molar-refractivity contribution in [3.8, 4) is 11.5 Å². The molecule has 2 aromatic heterocycles. The average Bonchev–Trinajstić information content (AvgIpc) is 3.55. The summed E-state index contributed by atoms with van der Waals surface area (Å²) >= 11 is 0. The molecule has 5 aromatic rings. The fraction of sp³-hybridized carbons (Fsp3) is 0.133. The normalized spacial score (nSPS) is 14.7. The Morgan fingerprint density at radius 3 is 2.49 bits per heavy atom. The Labute approximate surface area is 212 Å². The third kappa shape index (κ3) is 4.04. The van der Waals surface area contributed by atoms with Crippen LogP contribution in [0.2, 0.25) is 0 Å². The number of hydrogen-bond donors (Lipinski definition) is 0. The summed E-state index contributed by atoms with van der Waals surface area (Å²) in [5, 5.41) is 0.425. The lowest BCUT2D eigenvalue weighted by molar-refractivity contribution is 0.0701. The molecule has 7 nitrogen and oxygen atoms in total. The molecular weight excluding hydrogens is 470 g/mol. The van der Waals surface area contributed by atoms with E-state index in [1.54, 1.807) is 66.8 Å². The quantitative estimate of drug-likeness (QED) is 0.288. The van der Waals surface area contributed by atoms with Gasteiger partial charge in [-0.05, 0) is 47.5 Å². The van der Waals surface area contributed by atoms with E-state index < -0.39 is 6.04 Å². The number of amides is 1. The second-order valence-corrected chi connectivity index (χ2v) is 8.77. The molecule has 1 aliphatic rings. The lowest BCUT2D eigenvalue weighted by Gasteiger charge is -2.25. The molecule has 1 atom stereocenters. The molecule has 0 saturated heterocycles. The van der Waals surface area contributed by atoms with Crippen LogP contribution in [0.3, 0.4) is 0 Å². The fourth-order valence-corrected chi connectivity index (χ4v) is 4.76. The van der Waals surface area contributed by atoms with Crippen LogP contribution in [0.15, 0.2) is 105 Å². The number of hydrogen-bond acceptors (Lipinski definition) is 6. The van der Waals surface area contributed by atoms with Crippen molar-refractivity contribution in [3.63, 3.8) is 0 Å². The van der Waals surface area contributed by atoms with Crippen molar-refractivity contribution >= 4 is 16.9 Å². The third-order valence-electron chi connectivity index (χ3n) is 6.52. The molecule has 6 rings (SSSR count). The Balaban J connectivity index is 1.44. The van der Waals surface area contributed by atoms with E-state index in [9.17, 15) is 9.59 Å². The van der Waals surface area contributed by atoms with Gasteiger partial charge in [-0.15, -0.1) is 0 Å². The van der Waals surface area contributed by atoms with Crippen LogP contribution in [0.25, 0.3) is 11.0 Å². The maximum atomic E-state index is 13.7. The first kappa shape index (κ1) is 22.7. The number of methoxy groups -OCH3 is 1. The highest BCUT2D eigenvalue weighted by Gasteiger charge is 2.43. The summed E-state index contributed by atoms with van der Waals surface area (Å²) in [4.78, 5) is 28.8. The highest BCUT2D eigenvalue weighted by atomic mass is 16.5. The smallest absolute Gasteiger partial charge is 0.291 e. The number of carbonyl (C=O) groups excluding carboxylic acids is 1. The molecule has 37 heavy (non-hydrogen) atoms. The lowest BCUT2D eigenvalue weighted by atomic mass is 9.98. The number of ether oxygens (including phenoxy) is 2. The fourth-order valence-electron chi connectivity index (χ4n) is 4.76. The van der Waals surface area contributed by atoms with Crippen molar-refractivity contribution in [2.24, 2.45) is 0 Å². The SMILES string of the molecule is COc1cc(C2c3c(oc4ccccc4c3=O)C(=O)N2Cc2ccco2)ccc1OCc1ccccc1. The van der Waals surface area contributed by atoms with Gasteiger partial charge in [-0.2, -0.15) is 0 Å². The zero-order valence-corrected chi connectivity index (χ0v) is 20.0. The number of nitrogens with zero attached hydrogens (tertiary/aromatic N) is 1. The summed E-state index contributed by atoms with van der Waals surface area (Å²) in [6.07, 6.45) is 1.55. The van der Waals surface area contributed by atoms with Crippen LogP contribution in [-0.2, 0) is 13.2 Å². The second kappa shape index (κ2) is 9.35. The minimum Gasteiger partial charge on any atom is -0.493 e. The Morgan fingerprint density at radius 2 is 1.70 bits per heavy atom. The van der Waals surface area contributed by atoms with Gasteiger partial charge in [0.2, 0.25) is 5.76 Å². The summed E-state index contributed by atoms with van der Waals surface area (Å²) < 4.78 is 23.2. The number of fused-ring (bicyclic) bond motifs is 2. The predicted molar refractivity (Wildman–Crippen MR) is 137 cm³/mol. The van der Waals surface area contributed by atoms with Gasteiger partial charge in [-0.3, -0.25) is 9.59 Å². The standard InChI is InChI=1S/C30H23NO6/c1-34-25-16-20(13-14-24(25)36-18-19-8-3-2-4-9-19)27-26-28(32)22-11-5-6-12-23(22)37-29(26)30(33)31(27)17-21-10-7-15-35-21/h2-16,27H,17-18H2,1H3. The Kier molecular flexibility index (Phi) is 5.73. The van der Waals surface area contributed by atoms with E-state index in [1.165, 1.54) is 0 Å². The van der Waals surface area contributed by atoms with E-state index in [-0.39, 0.29) is 23.6 Å². The summed E-state index contributed by atoms with van der Waals surface area (Å²) in [5.41, 5.74) is 2.17. The average molecular weight is 494 g/mol. The monoisotopic (exact) mass is 493 g/mol. The summed E-state index contributed by atoms with van der Waals surface area (Å²) in [7, 11) is 1.56. The lowest BCUT2D eigenvalue weighted by Crippen LogP contribution is -2.29. The van der Waals surface area contributed by atoms with Gasteiger partial charge < -0.3 is 23.2 Å². The van der Waals surface area contributed by atoms with Gasteiger partial charge in [-0.25, -0.2) is 0 Å². The van der Waals surface area contributed by atoms with Crippen LogP contribution in [0.4, 0.5) is 0 Å². The van der Waals surface area contributed by atoms with Gasteiger partial charge in [-0.1, -0.05) is 48.5 Å². The minimum absolute atomic E-state index is 0.0450. The van der Waals surface area contributed by atoms with E-state index in [1.807, 2.05) is 36.4 Å². The maximum Gasteiger partial charge on any atom is 0.291 e. The van der Waals surface area contributed by atoms with Crippen molar-refractivity contribution in [2.75, 3.05) is 7.11 Å². The topological polar surface area (TPSA) is 82.1 Å². The molecule has 0 fully saturated rings. The first-order valence-electron chi connectivity index (χ1n) is 11.9. The molecule has 0 aliphatic carbocycles. The van der Waals surface area contributed by atoms with Gasteiger partial charge >= 0.3 is 0 Å². The number of benzene rings is 3. The zero-order valence-electron chi connectivity index (χ0n) is 20.0. The van der Waals surface area contributed by atoms with E-state index in [0.29, 0.717) is 46.0 Å². The Hall–Kier alpha value is -4.78. The molecule has 0 bridgehead atoms. The minimum atomic E-state index is -0.689. The van der Waals surface area contributed by atoms with Crippen molar-refractivity contribution in [1.82, 2.24) is 4.90 Å². The molecule has 1 aliphatic heterocycles. The van der Waals surface area contributed by atoms with Gasteiger partial charge in [0.1, 0.15) is 18.0 Å². The van der Waals surface area contributed by atoms with E-state index in [2.05, 4.69) is 0 Å². The van der Waals surface area contributed by atoms with Crippen LogP contribution in [0.5, 0.6) is 11.5 Å². The van der Waals surface area contributed by atoms with Crippen LogP contribution in [0.1, 0.15) is 39.0 Å². The molecule has 0 spiro atoms. The molecule has 1 unspecified atom stereocenters. The number of carbonyl (C=O) groups is 1. The van der Waals surface area contributed by atoms with Crippen molar-refractivity contribution in [1.29, 1.82) is 0 Å². The molecule has 7 heteroatoms. The van der Waals surface area contributed by atoms with E-state index >= 15 is 0 Å². The molecule has 0 N–H and O–H groups in total. The molecule has 1 amide bonds. The molecule has 3 aromatic carbocycles. The zero-order chi connectivity index (χ0) is 25.4. The Morgan fingerprint density at radius 1 is 0.892 bits per heavy atom. The molecule has 184 valence electrons. The van der Waals surface area contributed by atoms with Crippen LogP contribution < -0.4 is 14.9 Å². The van der Waals surface area contributed by atoms with E-state index in [0.717, 1.165) is 5.56 Å². The highest BCUT2D eigenvalue weighted by Crippen LogP contribution is 2.41. The molecule has 3 heterocycles. The predicted octanol–water partition coefficient (Wildman–Crippen LogP) is 5.72. The number of para-hydroxylation sites is 1. The summed E-state index contributed by atoms with van der Waals surface area (Å²) in [6.45, 7) is 0.548. The molecular formula is C30H23NO6. The van der Waals surface area contributed by atoms with E-state index in [4.69, 9.17) is 18.3 Å². The van der Waals surface area contributed by atoms with Gasteiger partial charge in [0.05, 0.1) is 36.9 Å². The highest BCUT2D eigenvalue weighted by molar-refractivity contribution is 5.99. The first-order valence-corrected chi connectivity index (χ1v) is 11.9. The number of furan rings is 1. The van der Waals surface area contributed by atoms with Crippen LogP contribution in [-0.4, -0.2) is 17.9 Å². The first-order chi connectivity index (χ1) is 18.1. The van der Waals surface area contributed by atoms with Crippen molar-refractivity contribution < 1.29 is 23.1 Å². The van der Waals surface area contributed by atoms with Crippen molar-refractivity contribution in [3.05, 3.63) is 130 Å². The largest absolute Gasteiger partial charge is 0.493 e. The summed E-state index contributed by atoms with van der Waals surface area (Å²) in [6, 6.07) is 25.1. The van der Waals surface area contributed by atoms with Crippen LogP contribution in [0, 0.1) is 0 Å². The van der Waals surface area contributed by atoms with Crippen molar-refractivity contribution in [2.45, 2.75) is 19.2 Å². The second-order valence-electron chi connectivity index (χ2n) is 8.77. The van der Waals surface area contributed by atoms with Gasteiger partial charge in [0.15, 0.2) is 16.9 Å². The molecule has 0 radical (unpaired) electrons. The molecule has 0 saturated carbocycles. The van der Waals surface area contributed by atoms with Gasteiger partial charge in [0.25, 0.3) is 5.91 Å². The van der Waals surface area contributed by atoms with Gasteiger partial charge in [0, 0.05) is 0 Å². The summed E-state index contributed by atoms with van der Waals surface area (Å²) in [5.74, 6) is 1.32.